The lowest BCUT2D eigenvalue weighted by Crippen LogP contribution is -2.49. The molecule has 6 rings (SSSR count). The summed E-state index contributed by atoms with van der Waals surface area (Å²) < 4.78 is 52.7. The Kier molecular flexibility index (Phi) is 6.23. The van der Waals surface area contributed by atoms with Gasteiger partial charge in [0.15, 0.2) is 0 Å². The first-order chi connectivity index (χ1) is 18.9. The van der Waals surface area contributed by atoms with Crippen LogP contribution in [0.2, 0.25) is 0 Å². The molecule has 3 aromatic heterocycles. The summed E-state index contributed by atoms with van der Waals surface area (Å²) in [7, 11) is 3.55. The van der Waals surface area contributed by atoms with Gasteiger partial charge in [-0.15, -0.1) is 10.2 Å². The third-order valence-electron chi connectivity index (χ3n) is 8.92. The van der Waals surface area contributed by atoms with Crippen LogP contribution < -0.4 is 11.0 Å². The summed E-state index contributed by atoms with van der Waals surface area (Å²) in [4.78, 5) is 13.7. The van der Waals surface area contributed by atoms with E-state index in [-0.39, 0.29) is 23.2 Å². The van der Waals surface area contributed by atoms with Gasteiger partial charge in [-0.2, -0.15) is 13.2 Å². The van der Waals surface area contributed by atoms with Crippen molar-refractivity contribution in [2.24, 2.45) is 7.05 Å². The molecule has 0 aliphatic heterocycles. The van der Waals surface area contributed by atoms with Crippen molar-refractivity contribution in [3.63, 3.8) is 0 Å². The van der Waals surface area contributed by atoms with E-state index in [0.29, 0.717) is 24.1 Å². The number of nitrogens with one attached hydrogen (secondary N) is 1. The van der Waals surface area contributed by atoms with Gasteiger partial charge < -0.3 is 14.6 Å². The molecule has 2 saturated carbocycles. The van der Waals surface area contributed by atoms with Crippen LogP contribution in [0, 0.1) is 0 Å². The summed E-state index contributed by atoms with van der Waals surface area (Å²) in [5.74, 6) is 0.776. The van der Waals surface area contributed by atoms with Crippen molar-refractivity contribution >= 4 is 5.52 Å². The van der Waals surface area contributed by atoms with E-state index in [2.05, 4.69) is 22.4 Å². The minimum atomic E-state index is -4.63. The van der Waals surface area contributed by atoms with E-state index in [9.17, 15) is 18.0 Å². The van der Waals surface area contributed by atoms with Crippen LogP contribution in [0.4, 0.5) is 13.2 Å². The van der Waals surface area contributed by atoms with E-state index in [0.717, 1.165) is 41.1 Å². The fourth-order valence-corrected chi connectivity index (χ4v) is 6.42. The molecular weight excluding hydrogens is 521 g/mol. The molecule has 40 heavy (non-hydrogen) atoms. The smallest absolute Gasteiger partial charge is 0.381 e. The van der Waals surface area contributed by atoms with Gasteiger partial charge in [-0.3, -0.25) is 8.97 Å². The number of aromatic nitrogens is 5. The second kappa shape index (κ2) is 9.31. The predicted molar refractivity (Wildman–Crippen MR) is 144 cm³/mol. The molecule has 2 aliphatic rings. The molecule has 0 radical (unpaired) electrons. The molecule has 2 aliphatic carbocycles. The Bertz CT molecular complexity index is 1620. The summed E-state index contributed by atoms with van der Waals surface area (Å²) in [6, 6.07) is 8.18. The SMILES string of the molecule is COC1CC(c2cccc(-n3cc4c(C(F)(F)F)cc([C@H](C)NC5(C)CCC5)cn4c3=O)c2)(c2nncn2C)C1. The normalized spacial score (nSPS) is 23.1. The maximum absolute atomic E-state index is 14.3. The number of rotatable bonds is 7. The lowest BCUT2D eigenvalue weighted by atomic mass is 9.62. The van der Waals surface area contributed by atoms with Crippen LogP contribution in [0.1, 0.15) is 74.5 Å². The average Bonchev–Trinajstić information content (AvgIpc) is 3.45. The van der Waals surface area contributed by atoms with E-state index in [1.165, 1.54) is 17.0 Å². The quantitative estimate of drug-likeness (QED) is 0.351. The lowest BCUT2D eigenvalue weighted by Gasteiger charge is -2.46. The summed E-state index contributed by atoms with van der Waals surface area (Å²) >= 11 is 0. The molecule has 1 atom stereocenters. The number of ether oxygens (including phenoxy) is 1. The second-order valence-corrected chi connectivity index (χ2v) is 11.7. The van der Waals surface area contributed by atoms with Crippen molar-refractivity contribution in [2.75, 3.05) is 7.11 Å². The average molecular weight is 555 g/mol. The third-order valence-corrected chi connectivity index (χ3v) is 8.92. The van der Waals surface area contributed by atoms with Crippen molar-refractivity contribution in [3.05, 3.63) is 82.1 Å². The largest absolute Gasteiger partial charge is 0.418 e. The number of aryl methyl sites for hydroxylation is 1. The Labute approximate surface area is 229 Å². The Balaban J connectivity index is 1.45. The highest BCUT2D eigenvalue weighted by atomic mass is 19.4. The van der Waals surface area contributed by atoms with Gasteiger partial charge in [-0.1, -0.05) is 12.1 Å². The van der Waals surface area contributed by atoms with Gasteiger partial charge in [0.05, 0.1) is 28.3 Å². The first kappa shape index (κ1) is 26.8. The van der Waals surface area contributed by atoms with Gasteiger partial charge in [0.2, 0.25) is 0 Å². The van der Waals surface area contributed by atoms with E-state index in [1.54, 1.807) is 19.5 Å². The highest BCUT2D eigenvalue weighted by Crippen LogP contribution is 2.49. The molecule has 0 bridgehead atoms. The monoisotopic (exact) mass is 554 g/mol. The van der Waals surface area contributed by atoms with E-state index in [4.69, 9.17) is 4.74 Å². The first-order valence-electron chi connectivity index (χ1n) is 13.5. The number of pyridine rings is 1. The number of benzene rings is 1. The van der Waals surface area contributed by atoms with Crippen LogP contribution >= 0.6 is 0 Å². The molecule has 0 unspecified atom stereocenters. The Morgan fingerprint density at radius 2 is 1.93 bits per heavy atom. The Hall–Kier alpha value is -3.44. The van der Waals surface area contributed by atoms with Crippen LogP contribution in [-0.2, 0) is 23.4 Å². The number of imidazole rings is 1. The summed E-state index contributed by atoms with van der Waals surface area (Å²) in [6.07, 6.45) is 4.27. The van der Waals surface area contributed by atoms with Crippen molar-refractivity contribution < 1.29 is 17.9 Å². The van der Waals surface area contributed by atoms with E-state index in [1.807, 2.05) is 36.7 Å². The van der Waals surface area contributed by atoms with E-state index >= 15 is 0 Å². The minimum Gasteiger partial charge on any atom is -0.381 e. The molecule has 212 valence electrons. The lowest BCUT2D eigenvalue weighted by molar-refractivity contribution is -0.136. The molecule has 4 aromatic rings. The number of alkyl halides is 3. The second-order valence-electron chi connectivity index (χ2n) is 11.7. The zero-order valence-corrected chi connectivity index (χ0v) is 23.0. The molecular formula is C29H33F3N6O2. The number of methoxy groups -OCH3 is 1. The number of hydrogen-bond acceptors (Lipinski definition) is 5. The standard InChI is InChI=1S/C29H33F3N6O2/c1-18(34-27(2)9-6-10-27)19-11-23(29(30,31)32)24-16-37(26(39)38(24)15-19)21-8-5-7-20(12-21)28(13-22(14-28)40-4)25-35-33-17-36(25)3/h5,7-8,11-12,15-18,22,34H,6,9-10,13-14H2,1-4H3/t18-,22?,28?/m0/s1. The maximum atomic E-state index is 14.3. The minimum absolute atomic E-state index is 0.0470. The summed E-state index contributed by atoms with van der Waals surface area (Å²) in [5, 5.41) is 11.9. The Morgan fingerprint density at radius 1 is 1.18 bits per heavy atom. The molecule has 1 aromatic carbocycles. The fourth-order valence-electron chi connectivity index (χ4n) is 6.42. The highest BCUT2D eigenvalue weighted by molar-refractivity contribution is 5.58. The van der Waals surface area contributed by atoms with Crippen molar-refractivity contribution in [3.8, 4) is 5.69 Å². The molecule has 11 heteroatoms. The van der Waals surface area contributed by atoms with Gasteiger partial charge in [0, 0.05) is 38.1 Å². The van der Waals surface area contributed by atoms with Crippen LogP contribution in [-0.4, -0.2) is 42.5 Å². The van der Waals surface area contributed by atoms with E-state index < -0.39 is 22.8 Å². The first-order valence-corrected chi connectivity index (χ1v) is 13.5. The highest BCUT2D eigenvalue weighted by Gasteiger charge is 2.50. The van der Waals surface area contributed by atoms with Gasteiger partial charge in [0.1, 0.15) is 12.2 Å². The van der Waals surface area contributed by atoms with Gasteiger partial charge in [-0.05, 0) is 75.3 Å². The Morgan fingerprint density at radius 3 is 2.52 bits per heavy atom. The number of halogens is 3. The van der Waals surface area contributed by atoms with Crippen molar-refractivity contribution in [1.82, 2.24) is 29.0 Å². The molecule has 2 fully saturated rings. The number of fused-ring (bicyclic) bond motifs is 1. The van der Waals surface area contributed by atoms with Crippen molar-refractivity contribution in [2.45, 2.75) is 75.2 Å². The topological polar surface area (TPSA) is 78.4 Å². The van der Waals surface area contributed by atoms with Gasteiger partial charge >= 0.3 is 11.9 Å². The predicted octanol–water partition coefficient (Wildman–Crippen LogP) is 4.93. The fraction of sp³-hybridized carbons (Fsp3) is 0.483. The van der Waals surface area contributed by atoms with Crippen LogP contribution in [0.15, 0.2) is 53.8 Å². The molecule has 1 N–H and O–H groups in total. The number of hydrogen-bond donors (Lipinski definition) is 1. The molecule has 0 spiro atoms. The molecule has 3 heterocycles. The van der Waals surface area contributed by atoms with Crippen LogP contribution in [0.3, 0.4) is 0 Å². The van der Waals surface area contributed by atoms with Gasteiger partial charge in [0.25, 0.3) is 0 Å². The summed E-state index contributed by atoms with van der Waals surface area (Å²) in [6.45, 7) is 3.92. The molecule has 8 nitrogen and oxygen atoms in total. The van der Waals surface area contributed by atoms with Gasteiger partial charge in [-0.25, -0.2) is 4.79 Å². The number of nitrogens with zero attached hydrogens (tertiary/aromatic N) is 5. The zero-order valence-electron chi connectivity index (χ0n) is 23.0. The van der Waals surface area contributed by atoms with Crippen LogP contribution in [0.25, 0.3) is 11.2 Å². The summed E-state index contributed by atoms with van der Waals surface area (Å²) in [5.41, 5.74) is -0.349. The van der Waals surface area contributed by atoms with Crippen LogP contribution in [0.5, 0.6) is 0 Å². The molecule has 0 amide bonds. The third kappa shape index (κ3) is 4.26. The maximum Gasteiger partial charge on any atom is 0.418 e. The van der Waals surface area contributed by atoms with Crippen molar-refractivity contribution in [1.29, 1.82) is 0 Å². The zero-order chi connectivity index (χ0) is 28.4. The molecule has 0 saturated heterocycles.